The first kappa shape index (κ1) is 15.0. The van der Waals surface area contributed by atoms with Crippen LogP contribution >= 0.6 is 0 Å². The van der Waals surface area contributed by atoms with Crippen molar-refractivity contribution in [2.24, 2.45) is 0 Å². The van der Waals surface area contributed by atoms with E-state index in [0.717, 1.165) is 19.6 Å². The van der Waals surface area contributed by atoms with Gasteiger partial charge in [0.25, 0.3) is 0 Å². The third kappa shape index (κ3) is 2.93. The van der Waals surface area contributed by atoms with Gasteiger partial charge in [-0.3, -0.25) is 4.90 Å². The molecule has 1 N–H and O–H groups in total. The van der Waals surface area contributed by atoms with Gasteiger partial charge in [-0.1, -0.05) is 66.7 Å². The van der Waals surface area contributed by atoms with E-state index in [1.807, 2.05) is 0 Å². The van der Waals surface area contributed by atoms with Crippen molar-refractivity contribution in [2.45, 2.75) is 19.0 Å². The molecule has 0 bridgehead atoms. The summed E-state index contributed by atoms with van der Waals surface area (Å²) in [5.41, 5.74) is 6.52. The van der Waals surface area contributed by atoms with Crippen LogP contribution in [0.3, 0.4) is 0 Å². The Hall–Kier alpha value is -2.58. The van der Waals surface area contributed by atoms with Crippen molar-refractivity contribution >= 4 is 0 Å². The Balaban J connectivity index is 1.62. The van der Waals surface area contributed by atoms with Gasteiger partial charge in [-0.15, -0.1) is 6.58 Å². The molecule has 0 unspecified atom stereocenters. The van der Waals surface area contributed by atoms with Crippen LogP contribution < -0.4 is 0 Å². The van der Waals surface area contributed by atoms with Gasteiger partial charge >= 0.3 is 0 Å². The summed E-state index contributed by atoms with van der Waals surface area (Å²) in [7, 11) is 0. The van der Waals surface area contributed by atoms with Crippen molar-refractivity contribution in [3.05, 3.63) is 96.2 Å². The molecule has 1 aromatic heterocycles. The Morgan fingerprint density at radius 1 is 1.04 bits per heavy atom. The molecule has 2 aromatic carbocycles. The molecular weight excluding hydrogens is 292 g/mol. The number of benzene rings is 2. The Bertz CT molecular complexity index is 818. The summed E-state index contributed by atoms with van der Waals surface area (Å²) >= 11 is 0. The van der Waals surface area contributed by atoms with Crippen LogP contribution in [0.15, 0.2) is 79.4 Å². The highest BCUT2D eigenvalue weighted by Gasteiger charge is 2.25. The highest BCUT2D eigenvalue weighted by molar-refractivity contribution is 5.62. The van der Waals surface area contributed by atoms with E-state index in [0.29, 0.717) is 5.92 Å². The number of H-pyrrole nitrogens is 1. The van der Waals surface area contributed by atoms with E-state index < -0.39 is 0 Å². The van der Waals surface area contributed by atoms with E-state index in [2.05, 4.69) is 89.3 Å². The summed E-state index contributed by atoms with van der Waals surface area (Å²) in [6, 6.07) is 23.5. The zero-order valence-corrected chi connectivity index (χ0v) is 13.8. The largest absolute Gasteiger partial charge is 0.358 e. The Kier molecular flexibility index (Phi) is 4.06. The molecule has 2 heteroatoms. The van der Waals surface area contributed by atoms with Crippen molar-refractivity contribution in [2.75, 3.05) is 6.54 Å². The summed E-state index contributed by atoms with van der Waals surface area (Å²) in [6.07, 6.45) is 2.07. The normalized spacial score (nSPS) is 17.4. The second-order valence-corrected chi connectivity index (χ2v) is 6.49. The molecule has 1 aliphatic rings. The number of hydrogen-bond donors (Lipinski definition) is 1. The van der Waals surface area contributed by atoms with E-state index in [1.165, 1.54) is 28.1 Å². The van der Waals surface area contributed by atoms with Gasteiger partial charge in [0.15, 0.2) is 0 Å². The number of hydrogen-bond acceptors (Lipinski definition) is 1. The maximum absolute atomic E-state index is 4.06. The summed E-state index contributed by atoms with van der Waals surface area (Å²) in [6.45, 7) is 7.04. The molecule has 0 aliphatic carbocycles. The SMILES string of the molecule is C=C[C@H]1CN(Cc2ccccc2)Cc2cc(-c3ccccc3)[nH]c21. The average Bonchev–Trinajstić information content (AvgIpc) is 3.07. The van der Waals surface area contributed by atoms with E-state index in [1.54, 1.807) is 0 Å². The fraction of sp³-hybridized carbons (Fsp3) is 0.182. The number of fused-ring (bicyclic) bond motifs is 1. The van der Waals surface area contributed by atoms with Crippen LogP contribution in [0, 0.1) is 0 Å². The summed E-state index contributed by atoms with van der Waals surface area (Å²) in [5, 5.41) is 0. The second kappa shape index (κ2) is 6.50. The van der Waals surface area contributed by atoms with Crippen LogP contribution in [0.1, 0.15) is 22.7 Å². The van der Waals surface area contributed by atoms with Gasteiger partial charge in [0.2, 0.25) is 0 Å². The predicted octanol–water partition coefficient (Wildman–Crippen LogP) is 4.97. The van der Waals surface area contributed by atoms with Crippen molar-refractivity contribution in [1.82, 2.24) is 9.88 Å². The lowest BCUT2D eigenvalue weighted by atomic mass is 9.96. The van der Waals surface area contributed by atoms with Gasteiger partial charge in [0, 0.05) is 36.9 Å². The van der Waals surface area contributed by atoms with Crippen LogP contribution in [-0.4, -0.2) is 16.4 Å². The number of nitrogens with zero attached hydrogens (tertiary/aromatic N) is 1. The maximum Gasteiger partial charge on any atom is 0.0459 e. The molecule has 2 heterocycles. The molecule has 0 fully saturated rings. The van der Waals surface area contributed by atoms with Gasteiger partial charge in [-0.25, -0.2) is 0 Å². The zero-order valence-electron chi connectivity index (χ0n) is 13.8. The Morgan fingerprint density at radius 3 is 2.46 bits per heavy atom. The Labute approximate surface area is 143 Å². The van der Waals surface area contributed by atoms with Crippen molar-refractivity contribution in [3.63, 3.8) is 0 Å². The molecule has 24 heavy (non-hydrogen) atoms. The molecule has 1 aliphatic heterocycles. The molecule has 0 radical (unpaired) electrons. The van der Waals surface area contributed by atoms with Gasteiger partial charge in [0.05, 0.1) is 0 Å². The van der Waals surface area contributed by atoms with Gasteiger partial charge in [0.1, 0.15) is 0 Å². The molecule has 120 valence electrons. The summed E-state index contributed by atoms with van der Waals surface area (Å²) in [5.74, 6) is 0.356. The average molecular weight is 314 g/mol. The first-order valence-electron chi connectivity index (χ1n) is 8.49. The van der Waals surface area contributed by atoms with Crippen molar-refractivity contribution in [3.8, 4) is 11.3 Å². The van der Waals surface area contributed by atoms with Gasteiger partial charge < -0.3 is 4.98 Å². The topological polar surface area (TPSA) is 19.0 Å². The van der Waals surface area contributed by atoms with Gasteiger partial charge in [-0.05, 0) is 22.8 Å². The minimum Gasteiger partial charge on any atom is -0.358 e. The van der Waals surface area contributed by atoms with Gasteiger partial charge in [-0.2, -0.15) is 0 Å². The predicted molar refractivity (Wildman–Crippen MR) is 99.7 cm³/mol. The molecular formula is C22H22N2. The molecule has 4 rings (SSSR count). The lowest BCUT2D eigenvalue weighted by Crippen LogP contribution is -2.32. The van der Waals surface area contributed by atoms with Crippen molar-refractivity contribution in [1.29, 1.82) is 0 Å². The van der Waals surface area contributed by atoms with Crippen LogP contribution in [0.2, 0.25) is 0 Å². The highest BCUT2D eigenvalue weighted by Crippen LogP contribution is 2.33. The number of rotatable bonds is 4. The minimum atomic E-state index is 0.356. The summed E-state index contributed by atoms with van der Waals surface area (Å²) in [4.78, 5) is 6.14. The van der Waals surface area contributed by atoms with E-state index in [9.17, 15) is 0 Å². The molecule has 2 nitrogen and oxygen atoms in total. The van der Waals surface area contributed by atoms with Crippen molar-refractivity contribution < 1.29 is 0 Å². The third-order valence-electron chi connectivity index (χ3n) is 4.77. The first-order chi connectivity index (χ1) is 11.8. The highest BCUT2D eigenvalue weighted by atomic mass is 15.1. The fourth-order valence-electron chi connectivity index (χ4n) is 3.58. The second-order valence-electron chi connectivity index (χ2n) is 6.49. The monoisotopic (exact) mass is 314 g/mol. The first-order valence-corrected chi connectivity index (χ1v) is 8.49. The van der Waals surface area contributed by atoms with E-state index >= 15 is 0 Å². The van der Waals surface area contributed by atoms with E-state index in [-0.39, 0.29) is 0 Å². The quantitative estimate of drug-likeness (QED) is 0.674. The zero-order chi connectivity index (χ0) is 16.4. The number of nitrogens with one attached hydrogen (secondary N) is 1. The number of aromatic amines is 1. The van der Waals surface area contributed by atoms with Crippen LogP contribution in [0.4, 0.5) is 0 Å². The lowest BCUT2D eigenvalue weighted by Gasteiger charge is -2.31. The third-order valence-corrected chi connectivity index (χ3v) is 4.77. The molecule has 0 saturated heterocycles. The summed E-state index contributed by atoms with van der Waals surface area (Å²) < 4.78 is 0. The van der Waals surface area contributed by atoms with Crippen LogP contribution in [-0.2, 0) is 13.1 Å². The number of aromatic nitrogens is 1. The van der Waals surface area contributed by atoms with Crippen LogP contribution in [0.25, 0.3) is 11.3 Å². The fourth-order valence-corrected chi connectivity index (χ4v) is 3.58. The van der Waals surface area contributed by atoms with Crippen LogP contribution in [0.5, 0.6) is 0 Å². The molecule has 0 spiro atoms. The minimum absolute atomic E-state index is 0.356. The smallest absolute Gasteiger partial charge is 0.0459 e. The molecule has 0 amide bonds. The standard InChI is InChI=1S/C22H22N2/c1-2-18-15-24(14-17-9-5-3-6-10-17)16-20-13-21(23-22(18)20)19-11-7-4-8-12-19/h2-13,18,23H,1,14-16H2/t18-/m0/s1. The molecule has 1 atom stereocenters. The molecule has 0 saturated carbocycles. The maximum atomic E-state index is 4.06. The molecule has 3 aromatic rings. The Morgan fingerprint density at radius 2 is 1.75 bits per heavy atom. The van der Waals surface area contributed by atoms with E-state index in [4.69, 9.17) is 0 Å². The lowest BCUT2D eigenvalue weighted by molar-refractivity contribution is 0.233.